The first-order valence-electron chi connectivity index (χ1n) is 3.36. The van der Waals surface area contributed by atoms with Gasteiger partial charge in [-0.3, -0.25) is 0 Å². The van der Waals surface area contributed by atoms with E-state index in [9.17, 15) is 0 Å². The topological polar surface area (TPSA) is 9.23 Å². The molecule has 0 heterocycles. The third-order valence-corrected chi connectivity index (χ3v) is 2.02. The van der Waals surface area contributed by atoms with Crippen LogP contribution in [0.5, 0.6) is 5.75 Å². The molecule has 0 spiro atoms. The first kappa shape index (κ1) is 7.35. The number of aryl methyl sites for hydroxylation is 2. The Morgan fingerprint density at radius 3 is 2.00 bits per heavy atom. The minimum absolute atomic E-state index is 0.774. The van der Waals surface area contributed by atoms with Gasteiger partial charge >= 0.3 is 0 Å². The van der Waals surface area contributed by atoms with Crippen molar-refractivity contribution in [2.45, 2.75) is 13.8 Å². The van der Waals surface area contributed by atoms with Gasteiger partial charge in [-0.05, 0) is 25.0 Å². The SMILES string of the molecule is Cc1cccc(C)c1O[SiH3]. The quantitative estimate of drug-likeness (QED) is 0.545. The number of hydrogen-bond acceptors (Lipinski definition) is 1. The van der Waals surface area contributed by atoms with Crippen LogP contribution in [0.15, 0.2) is 18.2 Å². The van der Waals surface area contributed by atoms with E-state index in [1.807, 2.05) is 0 Å². The van der Waals surface area contributed by atoms with Gasteiger partial charge in [0.15, 0.2) is 0 Å². The third kappa shape index (κ3) is 1.21. The lowest BCUT2D eigenvalue weighted by Gasteiger charge is -2.07. The Kier molecular flexibility index (Phi) is 2.12. The molecule has 0 saturated carbocycles. The molecule has 54 valence electrons. The monoisotopic (exact) mass is 152 g/mol. The van der Waals surface area contributed by atoms with Crippen molar-refractivity contribution >= 4 is 10.5 Å². The van der Waals surface area contributed by atoms with E-state index in [4.69, 9.17) is 4.43 Å². The summed E-state index contributed by atoms with van der Waals surface area (Å²) >= 11 is 0. The van der Waals surface area contributed by atoms with E-state index >= 15 is 0 Å². The van der Waals surface area contributed by atoms with Crippen LogP contribution in [-0.2, 0) is 0 Å². The van der Waals surface area contributed by atoms with Crippen LogP contribution in [0, 0.1) is 13.8 Å². The van der Waals surface area contributed by atoms with E-state index in [1.165, 1.54) is 11.1 Å². The molecule has 0 aliphatic heterocycles. The highest BCUT2D eigenvalue weighted by Crippen LogP contribution is 2.20. The van der Waals surface area contributed by atoms with Crippen LogP contribution < -0.4 is 4.43 Å². The molecule has 0 N–H and O–H groups in total. The largest absolute Gasteiger partial charge is 0.553 e. The van der Waals surface area contributed by atoms with Crippen molar-refractivity contribution in [3.05, 3.63) is 29.3 Å². The first-order chi connectivity index (χ1) is 4.75. The second-order valence-corrected chi connectivity index (χ2v) is 2.83. The van der Waals surface area contributed by atoms with Crippen LogP contribution in [0.2, 0.25) is 0 Å². The Morgan fingerprint density at radius 2 is 1.70 bits per heavy atom. The van der Waals surface area contributed by atoms with E-state index in [2.05, 4.69) is 32.0 Å². The lowest BCUT2D eigenvalue weighted by molar-refractivity contribution is 0.604. The molecule has 1 aromatic rings. The zero-order chi connectivity index (χ0) is 7.56. The van der Waals surface area contributed by atoms with Gasteiger partial charge in [0, 0.05) is 0 Å². The van der Waals surface area contributed by atoms with Crippen molar-refractivity contribution in [2.75, 3.05) is 0 Å². The zero-order valence-electron chi connectivity index (χ0n) is 6.64. The Labute approximate surface area is 64.6 Å². The molecule has 0 atom stereocenters. The zero-order valence-corrected chi connectivity index (χ0v) is 8.64. The number of para-hydroxylation sites is 1. The lowest BCUT2D eigenvalue weighted by atomic mass is 10.1. The maximum atomic E-state index is 5.31. The van der Waals surface area contributed by atoms with Crippen molar-refractivity contribution in [3.63, 3.8) is 0 Å². The molecule has 0 saturated heterocycles. The van der Waals surface area contributed by atoms with Gasteiger partial charge in [0.05, 0.1) is 0 Å². The van der Waals surface area contributed by atoms with Crippen molar-refractivity contribution in [2.24, 2.45) is 0 Å². The van der Waals surface area contributed by atoms with Crippen molar-refractivity contribution in [1.29, 1.82) is 0 Å². The minimum Gasteiger partial charge on any atom is -0.553 e. The van der Waals surface area contributed by atoms with Gasteiger partial charge in [-0.1, -0.05) is 18.2 Å². The van der Waals surface area contributed by atoms with E-state index in [0.717, 1.165) is 16.2 Å². The molecule has 0 aliphatic carbocycles. The van der Waals surface area contributed by atoms with Gasteiger partial charge in [0.25, 0.3) is 0 Å². The van der Waals surface area contributed by atoms with Crippen LogP contribution in [0.25, 0.3) is 0 Å². The summed E-state index contributed by atoms with van der Waals surface area (Å²) in [5.41, 5.74) is 2.46. The summed E-state index contributed by atoms with van der Waals surface area (Å²) in [4.78, 5) is 0. The Hall–Kier alpha value is -0.763. The molecule has 0 bridgehead atoms. The molecule has 0 amide bonds. The number of benzene rings is 1. The predicted molar refractivity (Wildman–Crippen MR) is 46.5 cm³/mol. The van der Waals surface area contributed by atoms with Gasteiger partial charge in [-0.2, -0.15) is 0 Å². The summed E-state index contributed by atoms with van der Waals surface area (Å²) in [5.74, 6) is 1.06. The minimum atomic E-state index is 0.774. The standard InChI is InChI=1S/C8H12OSi/c1-6-4-3-5-7(2)8(6)9-10/h3-5H,1-2,10H3. The lowest BCUT2D eigenvalue weighted by Crippen LogP contribution is -1.91. The van der Waals surface area contributed by atoms with E-state index in [-0.39, 0.29) is 0 Å². The van der Waals surface area contributed by atoms with Gasteiger partial charge in [0.1, 0.15) is 5.75 Å². The summed E-state index contributed by atoms with van der Waals surface area (Å²) in [5, 5.41) is 0. The van der Waals surface area contributed by atoms with Crippen LogP contribution in [0.3, 0.4) is 0 Å². The number of hydrogen-bond donors (Lipinski definition) is 0. The second-order valence-electron chi connectivity index (χ2n) is 2.43. The van der Waals surface area contributed by atoms with Gasteiger partial charge in [-0.25, -0.2) is 0 Å². The van der Waals surface area contributed by atoms with E-state index < -0.39 is 0 Å². The number of rotatable bonds is 1. The molecular formula is C8H12OSi. The Bertz CT molecular complexity index is 212. The second kappa shape index (κ2) is 2.88. The molecule has 0 aliphatic rings. The predicted octanol–water partition coefficient (Wildman–Crippen LogP) is 0.963. The summed E-state index contributed by atoms with van der Waals surface area (Å²) in [6.07, 6.45) is 0. The first-order valence-corrected chi connectivity index (χ1v) is 4.17. The summed E-state index contributed by atoms with van der Waals surface area (Å²) in [7, 11) is 0.774. The molecule has 1 aromatic carbocycles. The molecule has 0 aromatic heterocycles. The summed E-state index contributed by atoms with van der Waals surface area (Å²) in [6.45, 7) is 4.14. The molecule has 2 heteroatoms. The fraction of sp³-hybridized carbons (Fsp3) is 0.250. The molecular weight excluding hydrogens is 140 g/mol. The highest BCUT2D eigenvalue weighted by atomic mass is 28.2. The van der Waals surface area contributed by atoms with Crippen LogP contribution in [0.4, 0.5) is 0 Å². The van der Waals surface area contributed by atoms with Gasteiger partial charge < -0.3 is 4.43 Å². The Morgan fingerprint density at radius 1 is 1.20 bits per heavy atom. The highest BCUT2D eigenvalue weighted by Gasteiger charge is 1.97. The average Bonchev–Trinajstić information content (AvgIpc) is 1.88. The maximum Gasteiger partial charge on any atom is 0.204 e. The summed E-state index contributed by atoms with van der Waals surface area (Å²) < 4.78 is 5.31. The van der Waals surface area contributed by atoms with Crippen molar-refractivity contribution < 1.29 is 4.43 Å². The maximum absolute atomic E-state index is 5.31. The van der Waals surface area contributed by atoms with Gasteiger partial charge in [-0.15, -0.1) is 0 Å². The molecule has 0 unspecified atom stereocenters. The van der Waals surface area contributed by atoms with Gasteiger partial charge in [0.2, 0.25) is 10.5 Å². The van der Waals surface area contributed by atoms with E-state index in [1.54, 1.807) is 0 Å². The average molecular weight is 152 g/mol. The van der Waals surface area contributed by atoms with Crippen molar-refractivity contribution in [3.8, 4) is 5.75 Å². The summed E-state index contributed by atoms with van der Waals surface area (Å²) in [6, 6.07) is 6.19. The normalized spacial score (nSPS) is 9.80. The molecule has 0 fully saturated rings. The molecule has 0 radical (unpaired) electrons. The smallest absolute Gasteiger partial charge is 0.204 e. The fourth-order valence-corrected chi connectivity index (χ4v) is 1.77. The van der Waals surface area contributed by atoms with Crippen LogP contribution in [0.1, 0.15) is 11.1 Å². The van der Waals surface area contributed by atoms with E-state index in [0.29, 0.717) is 0 Å². The third-order valence-electron chi connectivity index (χ3n) is 1.61. The molecule has 1 nitrogen and oxygen atoms in total. The fourth-order valence-electron chi connectivity index (χ4n) is 1.12. The van der Waals surface area contributed by atoms with Crippen molar-refractivity contribution in [1.82, 2.24) is 0 Å². The van der Waals surface area contributed by atoms with Crippen LogP contribution in [-0.4, -0.2) is 10.5 Å². The van der Waals surface area contributed by atoms with Crippen LogP contribution >= 0.6 is 0 Å². The highest BCUT2D eigenvalue weighted by molar-refractivity contribution is 6.00. The molecule has 10 heavy (non-hydrogen) atoms. The molecule has 1 rings (SSSR count). The Balaban J connectivity index is 3.17.